The molecule has 21 heavy (non-hydrogen) atoms. The van der Waals surface area contributed by atoms with Crippen LogP contribution in [0.4, 0.5) is 0 Å². The molecule has 1 aromatic heterocycles. The molecule has 0 aliphatic rings. The Labute approximate surface area is 147 Å². The number of rotatable bonds is 6. The monoisotopic (exact) mass is 430 g/mol. The number of nitrogens with one attached hydrogen (secondary N) is 1. The van der Waals surface area contributed by atoms with Crippen LogP contribution in [-0.2, 0) is 6.42 Å². The summed E-state index contributed by atoms with van der Waals surface area (Å²) in [6, 6.07) is 10.1. The first kappa shape index (κ1) is 16.9. The van der Waals surface area contributed by atoms with Gasteiger partial charge in [-0.15, -0.1) is 0 Å². The molecule has 2 nitrogen and oxygen atoms in total. The van der Waals surface area contributed by atoms with Crippen LogP contribution < -0.4 is 5.32 Å². The third-order valence-corrected chi connectivity index (χ3v) is 4.71. The van der Waals surface area contributed by atoms with Crippen molar-refractivity contribution in [2.45, 2.75) is 25.8 Å². The highest BCUT2D eigenvalue weighted by Crippen LogP contribution is 2.28. The maximum atomic E-state index is 6.34. The molecule has 1 atom stereocenters. The number of aromatic nitrogens is 1. The third-order valence-electron chi connectivity index (χ3n) is 3.20. The second kappa shape index (κ2) is 8.28. The molecular formula is C16H17Br2ClN2. The number of hydrogen-bond acceptors (Lipinski definition) is 2. The van der Waals surface area contributed by atoms with Gasteiger partial charge in [0.2, 0.25) is 0 Å². The van der Waals surface area contributed by atoms with Crippen molar-refractivity contribution in [1.29, 1.82) is 0 Å². The summed E-state index contributed by atoms with van der Waals surface area (Å²) < 4.78 is 2.01. The number of benzene rings is 1. The van der Waals surface area contributed by atoms with Gasteiger partial charge in [-0.25, -0.2) is 0 Å². The molecular weight excluding hydrogens is 415 g/mol. The molecule has 0 saturated heterocycles. The summed E-state index contributed by atoms with van der Waals surface area (Å²) >= 11 is 13.4. The van der Waals surface area contributed by atoms with Crippen LogP contribution in [-0.4, -0.2) is 11.5 Å². The number of nitrogens with zero attached hydrogens (tertiary/aromatic N) is 1. The first-order chi connectivity index (χ1) is 10.1. The van der Waals surface area contributed by atoms with Crippen molar-refractivity contribution in [3.05, 3.63) is 61.8 Å². The Morgan fingerprint density at radius 3 is 2.76 bits per heavy atom. The van der Waals surface area contributed by atoms with Crippen LogP contribution in [0.5, 0.6) is 0 Å². The molecule has 0 saturated carbocycles. The molecule has 1 unspecified atom stereocenters. The quantitative estimate of drug-likeness (QED) is 0.648. The van der Waals surface area contributed by atoms with E-state index in [1.165, 1.54) is 0 Å². The van der Waals surface area contributed by atoms with E-state index < -0.39 is 0 Å². The van der Waals surface area contributed by atoms with Gasteiger partial charge in [0.25, 0.3) is 0 Å². The molecule has 0 aliphatic carbocycles. The number of pyridine rings is 1. The van der Waals surface area contributed by atoms with E-state index in [4.69, 9.17) is 11.6 Å². The van der Waals surface area contributed by atoms with Crippen molar-refractivity contribution in [3.63, 3.8) is 0 Å². The van der Waals surface area contributed by atoms with Crippen LogP contribution in [0.3, 0.4) is 0 Å². The largest absolute Gasteiger partial charge is 0.308 e. The van der Waals surface area contributed by atoms with Crippen molar-refractivity contribution >= 4 is 43.5 Å². The fourth-order valence-electron chi connectivity index (χ4n) is 2.15. The highest BCUT2D eigenvalue weighted by atomic mass is 79.9. The highest BCUT2D eigenvalue weighted by molar-refractivity contribution is 9.10. The molecule has 0 radical (unpaired) electrons. The molecule has 0 aliphatic heterocycles. The number of hydrogen-bond donors (Lipinski definition) is 1. The van der Waals surface area contributed by atoms with Crippen molar-refractivity contribution in [2.75, 3.05) is 6.54 Å². The zero-order chi connectivity index (χ0) is 15.2. The Hall–Kier alpha value is -0.420. The Kier molecular flexibility index (Phi) is 6.68. The SMILES string of the molecule is CCCNC(Cc1ccc(Br)cc1Cl)c1ncccc1Br. The Bertz CT molecular complexity index is 605. The summed E-state index contributed by atoms with van der Waals surface area (Å²) in [5, 5.41) is 4.33. The van der Waals surface area contributed by atoms with Gasteiger partial charge in [0.15, 0.2) is 0 Å². The normalized spacial score (nSPS) is 12.4. The summed E-state index contributed by atoms with van der Waals surface area (Å²) in [7, 11) is 0. The van der Waals surface area contributed by atoms with Crippen LogP contribution >= 0.6 is 43.5 Å². The lowest BCUT2D eigenvalue weighted by Gasteiger charge is -2.20. The predicted molar refractivity (Wildman–Crippen MR) is 95.8 cm³/mol. The fraction of sp³-hybridized carbons (Fsp3) is 0.312. The summed E-state index contributed by atoms with van der Waals surface area (Å²) in [4.78, 5) is 4.51. The van der Waals surface area contributed by atoms with Gasteiger partial charge in [-0.2, -0.15) is 0 Å². The molecule has 2 rings (SSSR count). The molecule has 0 bridgehead atoms. The second-order valence-electron chi connectivity index (χ2n) is 4.82. The summed E-state index contributed by atoms with van der Waals surface area (Å²) in [5.41, 5.74) is 2.14. The van der Waals surface area contributed by atoms with Gasteiger partial charge < -0.3 is 5.32 Å². The van der Waals surface area contributed by atoms with Crippen molar-refractivity contribution in [1.82, 2.24) is 10.3 Å². The lowest BCUT2D eigenvalue weighted by Crippen LogP contribution is -2.25. The lowest BCUT2D eigenvalue weighted by atomic mass is 10.0. The minimum absolute atomic E-state index is 0.138. The predicted octanol–water partition coefficient (Wildman–Crippen LogP) is 5.54. The molecule has 2 aromatic rings. The lowest BCUT2D eigenvalue weighted by molar-refractivity contribution is 0.516. The molecule has 0 fully saturated rings. The van der Waals surface area contributed by atoms with Gasteiger partial charge in [0.1, 0.15) is 0 Å². The van der Waals surface area contributed by atoms with Gasteiger partial charge in [0, 0.05) is 20.2 Å². The van der Waals surface area contributed by atoms with E-state index in [0.717, 1.165) is 44.6 Å². The second-order valence-corrected chi connectivity index (χ2v) is 6.99. The van der Waals surface area contributed by atoms with Crippen LogP contribution in [0, 0.1) is 0 Å². The van der Waals surface area contributed by atoms with Crippen LogP contribution in [0.25, 0.3) is 0 Å². The van der Waals surface area contributed by atoms with Crippen molar-refractivity contribution in [3.8, 4) is 0 Å². The zero-order valence-electron chi connectivity index (χ0n) is 11.7. The first-order valence-electron chi connectivity index (χ1n) is 6.89. The van der Waals surface area contributed by atoms with E-state index in [0.29, 0.717) is 0 Å². The van der Waals surface area contributed by atoms with E-state index in [9.17, 15) is 0 Å². The van der Waals surface area contributed by atoms with E-state index in [1.807, 2.05) is 30.5 Å². The van der Waals surface area contributed by atoms with E-state index in [1.54, 1.807) is 0 Å². The summed E-state index contributed by atoms with van der Waals surface area (Å²) in [6.07, 6.45) is 3.71. The van der Waals surface area contributed by atoms with Gasteiger partial charge in [0.05, 0.1) is 11.7 Å². The van der Waals surface area contributed by atoms with Gasteiger partial charge in [-0.3, -0.25) is 4.98 Å². The topological polar surface area (TPSA) is 24.9 Å². The van der Waals surface area contributed by atoms with E-state index >= 15 is 0 Å². The van der Waals surface area contributed by atoms with E-state index in [2.05, 4.69) is 55.2 Å². The molecule has 0 spiro atoms. The van der Waals surface area contributed by atoms with Crippen LogP contribution in [0.15, 0.2) is 45.5 Å². The van der Waals surface area contributed by atoms with Crippen molar-refractivity contribution in [2.24, 2.45) is 0 Å². The maximum absolute atomic E-state index is 6.34. The first-order valence-corrected chi connectivity index (χ1v) is 8.86. The molecule has 1 heterocycles. The Morgan fingerprint density at radius 2 is 2.10 bits per heavy atom. The Balaban J connectivity index is 2.26. The van der Waals surface area contributed by atoms with Gasteiger partial charge >= 0.3 is 0 Å². The van der Waals surface area contributed by atoms with Gasteiger partial charge in [-0.1, -0.05) is 40.5 Å². The molecule has 5 heteroatoms. The summed E-state index contributed by atoms with van der Waals surface area (Å²) in [5.74, 6) is 0. The average Bonchev–Trinajstić information content (AvgIpc) is 2.46. The van der Waals surface area contributed by atoms with Crippen molar-refractivity contribution < 1.29 is 0 Å². The average molecular weight is 433 g/mol. The standard InChI is InChI=1S/C16H17Br2ClN2/c1-2-7-20-15(16-13(18)4-3-8-21-16)9-11-5-6-12(17)10-14(11)19/h3-6,8,10,15,20H,2,7,9H2,1H3. The smallest absolute Gasteiger partial charge is 0.0718 e. The molecule has 1 aromatic carbocycles. The molecule has 1 N–H and O–H groups in total. The summed E-state index contributed by atoms with van der Waals surface area (Å²) in [6.45, 7) is 3.10. The molecule has 0 amide bonds. The van der Waals surface area contributed by atoms with Crippen LogP contribution in [0.2, 0.25) is 5.02 Å². The fourth-order valence-corrected chi connectivity index (χ4v) is 3.43. The van der Waals surface area contributed by atoms with E-state index in [-0.39, 0.29) is 6.04 Å². The highest BCUT2D eigenvalue weighted by Gasteiger charge is 2.17. The minimum Gasteiger partial charge on any atom is -0.308 e. The van der Waals surface area contributed by atoms with Gasteiger partial charge in [-0.05, 0) is 65.1 Å². The minimum atomic E-state index is 0.138. The molecule has 112 valence electrons. The third kappa shape index (κ3) is 4.78. The zero-order valence-corrected chi connectivity index (χ0v) is 15.7. The Morgan fingerprint density at radius 1 is 1.29 bits per heavy atom. The number of halogens is 3. The van der Waals surface area contributed by atoms with Crippen LogP contribution in [0.1, 0.15) is 30.6 Å². The maximum Gasteiger partial charge on any atom is 0.0718 e.